The van der Waals surface area contributed by atoms with Crippen molar-refractivity contribution in [1.82, 2.24) is 10.2 Å². The predicted octanol–water partition coefficient (Wildman–Crippen LogP) is 4.69. The van der Waals surface area contributed by atoms with E-state index < -0.39 is 0 Å². The van der Waals surface area contributed by atoms with Crippen molar-refractivity contribution in [3.05, 3.63) is 77.9 Å². The van der Waals surface area contributed by atoms with Crippen LogP contribution in [0.3, 0.4) is 0 Å². The van der Waals surface area contributed by atoms with Crippen LogP contribution in [-0.2, 0) is 0 Å². The molecular weight excluding hydrogens is 346 g/mol. The molecule has 0 unspecified atom stereocenters. The molecule has 0 heterocycles. The van der Waals surface area contributed by atoms with Gasteiger partial charge in [0.25, 0.3) is 5.91 Å². The van der Waals surface area contributed by atoms with E-state index in [0.29, 0.717) is 5.56 Å². The van der Waals surface area contributed by atoms with Crippen molar-refractivity contribution in [1.29, 1.82) is 0 Å². The van der Waals surface area contributed by atoms with Gasteiger partial charge in [0.1, 0.15) is 0 Å². The molecule has 0 aromatic heterocycles. The summed E-state index contributed by atoms with van der Waals surface area (Å²) in [6.45, 7) is 3.94. The smallest absolute Gasteiger partial charge is 0.251 e. The van der Waals surface area contributed by atoms with E-state index in [-0.39, 0.29) is 11.9 Å². The largest absolute Gasteiger partial charge is 0.384 e. The van der Waals surface area contributed by atoms with Gasteiger partial charge in [-0.1, -0.05) is 49.4 Å². The molecule has 0 radical (unpaired) electrons. The Kier molecular flexibility index (Phi) is 6.66. The molecule has 0 bridgehead atoms. The molecule has 1 atom stereocenters. The molecule has 0 saturated heterocycles. The molecule has 1 amide bonds. The highest BCUT2D eigenvalue weighted by Crippen LogP contribution is 2.30. The molecular formula is C24H29N3O. The molecule has 0 saturated carbocycles. The lowest BCUT2D eigenvalue weighted by Gasteiger charge is -2.21. The van der Waals surface area contributed by atoms with E-state index in [2.05, 4.69) is 73.0 Å². The molecule has 0 aliphatic carbocycles. The highest BCUT2D eigenvalue weighted by molar-refractivity contribution is 5.95. The summed E-state index contributed by atoms with van der Waals surface area (Å²) < 4.78 is 0. The average Bonchev–Trinajstić information content (AvgIpc) is 2.71. The molecule has 2 N–H and O–H groups in total. The van der Waals surface area contributed by atoms with Gasteiger partial charge in [-0.2, -0.15) is 0 Å². The summed E-state index contributed by atoms with van der Waals surface area (Å²) in [5, 5.41) is 9.10. The fourth-order valence-corrected chi connectivity index (χ4v) is 3.39. The maximum absolute atomic E-state index is 12.7. The van der Waals surface area contributed by atoms with Crippen molar-refractivity contribution < 1.29 is 4.79 Å². The first kappa shape index (κ1) is 19.9. The van der Waals surface area contributed by atoms with Crippen LogP contribution in [0, 0.1) is 0 Å². The normalized spacial score (nSPS) is 12.1. The minimum atomic E-state index is -0.0480. The summed E-state index contributed by atoms with van der Waals surface area (Å²) in [6.07, 6.45) is 0.823. The Hall–Kier alpha value is -2.85. The van der Waals surface area contributed by atoms with Gasteiger partial charge >= 0.3 is 0 Å². The Balaban J connectivity index is 1.90. The van der Waals surface area contributed by atoms with Crippen LogP contribution in [0.4, 0.5) is 5.69 Å². The van der Waals surface area contributed by atoms with Crippen molar-refractivity contribution in [3.8, 4) is 0 Å². The lowest BCUT2D eigenvalue weighted by molar-refractivity contribution is 0.0936. The van der Waals surface area contributed by atoms with Crippen LogP contribution in [0.25, 0.3) is 10.8 Å². The van der Waals surface area contributed by atoms with Crippen molar-refractivity contribution in [2.45, 2.75) is 19.4 Å². The number of rotatable bonds is 8. The Morgan fingerprint density at radius 1 is 1.00 bits per heavy atom. The number of hydrogen-bond acceptors (Lipinski definition) is 3. The van der Waals surface area contributed by atoms with Gasteiger partial charge in [-0.3, -0.25) is 4.79 Å². The second-order valence-corrected chi connectivity index (χ2v) is 7.32. The summed E-state index contributed by atoms with van der Waals surface area (Å²) in [5.74, 6) is -0.0394. The van der Waals surface area contributed by atoms with Gasteiger partial charge in [0.05, 0.1) is 6.04 Å². The number of amides is 1. The van der Waals surface area contributed by atoms with Crippen LogP contribution < -0.4 is 10.6 Å². The molecule has 0 fully saturated rings. The molecule has 0 aliphatic rings. The first-order valence-electron chi connectivity index (χ1n) is 9.85. The molecule has 4 nitrogen and oxygen atoms in total. The lowest BCUT2D eigenvalue weighted by Crippen LogP contribution is -2.28. The molecule has 28 heavy (non-hydrogen) atoms. The van der Waals surface area contributed by atoms with Crippen LogP contribution in [-0.4, -0.2) is 38.0 Å². The predicted molar refractivity (Wildman–Crippen MR) is 118 cm³/mol. The number of benzene rings is 3. The van der Waals surface area contributed by atoms with Crippen LogP contribution in [0.1, 0.15) is 35.3 Å². The number of anilines is 1. The van der Waals surface area contributed by atoms with E-state index in [1.807, 2.05) is 30.3 Å². The second kappa shape index (κ2) is 9.38. The Morgan fingerprint density at radius 3 is 2.43 bits per heavy atom. The minimum Gasteiger partial charge on any atom is -0.384 e. The Morgan fingerprint density at radius 2 is 1.71 bits per heavy atom. The molecule has 3 rings (SSSR count). The number of nitrogens with zero attached hydrogens (tertiary/aromatic N) is 1. The molecule has 3 aromatic carbocycles. The number of carbonyl (C=O) groups is 1. The van der Waals surface area contributed by atoms with Gasteiger partial charge in [0.15, 0.2) is 0 Å². The third-order valence-electron chi connectivity index (χ3n) is 4.91. The van der Waals surface area contributed by atoms with Gasteiger partial charge in [-0.05, 0) is 61.1 Å². The average molecular weight is 376 g/mol. The SMILES string of the molecule is CC[C@@H](NC(=O)c1ccccc1)c1cc(NCCN(C)C)cc2ccccc12. The van der Waals surface area contributed by atoms with Crippen LogP contribution in [0.15, 0.2) is 66.7 Å². The quantitative estimate of drug-likeness (QED) is 0.600. The first-order chi connectivity index (χ1) is 13.6. The fraction of sp³-hybridized carbons (Fsp3) is 0.292. The highest BCUT2D eigenvalue weighted by atomic mass is 16.1. The summed E-state index contributed by atoms with van der Waals surface area (Å²) in [4.78, 5) is 14.9. The van der Waals surface area contributed by atoms with Gasteiger partial charge in [-0.25, -0.2) is 0 Å². The van der Waals surface area contributed by atoms with Gasteiger partial charge in [0.2, 0.25) is 0 Å². The first-order valence-corrected chi connectivity index (χ1v) is 9.85. The third kappa shape index (κ3) is 4.90. The van der Waals surface area contributed by atoms with E-state index in [1.165, 1.54) is 10.8 Å². The zero-order valence-corrected chi connectivity index (χ0v) is 16.9. The topological polar surface area (TPSA) is 44.4 Å². The second-order valence-electron chi connectivity index (χ2n) is 7.32. The van der Waals surface area contributed by atoms with Crippen LogP contribution >= 0.6 is 0 Å². The summed E-state index contributed by atoms with van der Waals surface area (Å²) in [5.41, 5.74) is 2.92. The van der Waals surface area contributed by atoms with E-state index >= 15 is 0 Å². The van der Waals surface area contributed by atoms with Crippen molar-refractivity contribution in [2.75, 3.05) is 32.5 Å². The molecule has 4 heteroatoms. The number of nitrogens with one attached hydrogen (secondary N) is 2. The molecule has 3 aromatic rings. The number of likely N-dealkylation sites (N-methyl/N-ethyl adjacent to an activating group) is 1. The maximum atomic E-state index is 12.7. The van der Waals surface area contributed by atoms with Crippen LogP contribution in [0.5, 0.6) is 0 Å². The van der Waals surface area contributed by atoms with E-state index in [1.54, 1.807) is 0 Å². The van der Waals surface area contributed by atoms with Crippen LogP contribution in [0.2, 0.25) is 0 Å². The van der Waals surface area contributed by atoms with E-state index in [4.69, 9.17) is 0 Å². The van der Waals surface area contributed by atoms with Crippen molar-refractivity contribution in [3.63, 3.8) is 0 Å². The Labute approximate surface area is 167 Å². The molecule has 0 spiro atoms. The standard InChI is InChI=1S/C24H29N3O/c1-4-23(26-24(28)18-10-6-5-7-11-18)22-17-20(25-14-15-27(2)3)16-19-12-8-9-13-21(19)22/h5-13,16-17,23,25H,4,14-15H2,1-3H3,(H,26,28)/t23-/m1/s1. The van der Waals surface area contributed by atoms with Crippen molar-refractivity contribution in [2.24, 2.45) is 0 Å². The summed E-state index contributed by atoms with van der Waals surface area (Å²) >= 11 is 0. The highest BCUT2D eigenvalue weighted by Gasteiger charge is 2.17. The Bertz CT molecular complexity index is 922. The molecule has 0 aliphatic heterocycles. The zero-order valence-electron chi connectivity index (χ0n) is 16.9. The van der Waals surface area contributed by atoms with Gasteiger partial charge in [-0.15, -0.1) is 0 Å². The van der Waals surface area contributed by atoms with Crippen molar-refractivity contribution >= 4 is 22.4 Å². The van der Waals surface area contributed by atoms with Gasteiger partial charge in [0, 0.05) is 24.3 Å². The number of hydrogen-bond donors (Lipinski definition) is 2. The molecule has 146 valence electrons. The summed E-state index contributed by atoms with van der Waals surface area (Å²) in [6, 6.07) is 22.1. The zero-order chi connectivity index (χ0) is 19.9. The number of fused-ring (bicyclic) bond motifs is 1. The monoisotopic (exact) mass is 375 g/mol. The van der Waals surface area contributed by atoms with Gasteiger partial charge < -0.3 is 15.5 Å². The minimum absolute atomic E-state index is 0.0394. The lowest BCUT2D eigenvalue weighted by atomic mass is 9.96. The summed E-state index contributed by atoms with van der Waals surface area (Å²) in [7, 11) is 4.14. The maximum Gasteiger partial charge on any atom is 0.251 e. The fourth-order valence-electron chi connectivity index (χ4n) is 3.39. The number of carbonyl (C=O) groups excluding carboxylic acids is 1. The third-order valence-corrected chi connectivity index (χ3v) is 4.91. The van der Waals surface area contributed by atoms with E-state index in [9.17, 15) is 4.79 Å². The van der Waals surface area contributed by atoms with E-state index in [0.717, 1.165) is 30.8 Å².